The van der Waals surface area contributed by atoms with Gasteiger partial charge in [-0.3, -0.25) is 23.4 Å². The van der Waals surface area contributed by atoms with Crippen LogP contribution in [0.5, 0.6) is 0 Å². The predicted octanol–water partition coefficient (Wildman–Crippen LogP) is 7.29. The van der Waals surface area contributed by atoms with Crippen LogP contribution in [0.3, 0.4) is 0 Å². The Balaban J connectivity index is 0.000000277. The van der Waals surface area contributed by atoms with Gasteiger partial charge in [0.1, 0.15) is 23.7 Å². The third-order valence-electron chi connectivity index (χ3n) is 14.9. The molecule has 2 aliphatic rings. The first kappa shape index (κ1) is 61.8. The van der Waals surface area contributed by atoms with E-state index in [2.05, 4.69) is 33.9 Å². The highest BCUT2D eigenvalue weighted by Crippen LogP contribution is 2.39. The molecular formula is C56H80N4O11S4. The summed E-state index contributed by atoms with van der Waals surface area (Å²) in [6.45, 7) is 11.2. The molecule has 4 aromatic rings. The predicted molar refractivity (Wildman–Crippen MR) is 300 cm³/mol. The van der Waals surface area contributed by atoms with Crippen molar-refractivity contribution in [2.45, 2.75) is 152 Å². The van der Waals surface area contributed by atoms with Crippen LogP contribution >= 0.6 is 11.8 Å². The Labute approximate surface area is 451 Å². The van der Waals surface area contributed by atoms with E-state index in [4.69, 9.17) is 0 Å². The van der Waals surface area contributed by atoms with E-state index in [0.29, 0.717) is 42.4 Å². The van der Waals surface area contributed by atoms with E-state index >= 15 is 0 Å². The van der Waals surface area contributed by atoms with Gasteiger partial charge in [-0.1, -0.05) is 101 Å². The van der Waals surface area contributed by atoms with Crippen molar-refractivity contribution >= 4 is 87.5 Å². The monoisotopic (exact) mass is 1110 g/mol. The summed E-state index contributed by atoms with van der Waals surface area (Å²) < 4.78 is 66.1. The number of fused-ring (bicyclic) bond motifs is 2. The standard InChI is InChI=1S/C28H40N2O6S2.C28H40N2O5S2/c1-5-25(27(32)16-22-11-10-18(2)14-24(22)19(3)31)29-28(33)26(30-38(4,35)36)17-37(34)23-13-12-20-8-6-7-9-21(20)15-23;1-5-25(27(32)16-22-11-10-18(2)14-24(22)19(3)31)29-28(33)26(30-37(4,34)35)17-36-23-13-12-20-8-6-7-9-21(20)15-23/h6-9,12-13,15,18,22,24-27,30,32H,5,10-11,14,16-17H2,1-4H3,(H,29,33);6-9,12-13,15,18,22,24-27,30,32H,5,10-11,14,16-17H2,1-4H3,(H,29,33)/t18?,22?,24?,25-,26+,27+,37?;18?,22?,24?,25-,26+,27+/m00/s1. The molecule has 0 radical (unpaired) electrons. The highest BCUT2D eigenvalue weighted by molar-refractivity contribution is 7.99. The van der Waals surface area contributed by atoms with E-state index in [0.717, 1.165) is 77.5 Å². The minimum Gasteiger partial charge on any atom is -0.391 e. The number of sulfonamides is 2. The molecule has 0 saturated heterocycles. The maximum Gasteiger partial charge on any atom is 0.239 e. The summed E-state index contributed by atoms with van der Waals surface area (Å²) in [5, 5.41) is 31.8. The second-order valence-corrected chi connectivity index (χ2v) is 27.3. The number of rotatable bonds is 24. The van der Waals surface area contributed by atoms with Gasteiger partial charge in [0, 0.05) is 27.4 Å². The molecule has 13 atom stereocenters. The molecule has 4 aromatic carbocycles. The van der Waals surface area contributed by atoms with E-state index in [1.165, 1.54) is 11.8 Å². The lowest BCUT2D eigenvalue weighted by atomic mass is 9.70. The van der Waals surface area contributed by atoms with Gasteiger partial charge >= 0.3 is 0 Å². The highest BCUT2D eigenvalue weighted by Gasteiger charge is 2.37. The van der Waals surface area contributed by atoms with Crippen molar-refractivity contribution in [1.82, 2.24) is 20.1 Å². The van der Waals surface area contributed by atoms with Crippen LogP contribution in [0, 0.1) is 35.5 Å². The van der Waals surface area contributed by atoms with E-state index in [1.807, 2.05) is 86.6 Å². The second-order valence-electron chi connectivity index (χ2n) is 21.2. The molecule has 0 aromatic heterocycles. The minimum absolute atomic E-state index is 0.0370. The van der Waals surface area contributed by atoms with Crippen LogP contribution in [0.1, 0.15) is 106 Å². The lowest BCUT2D eigenvalue weighted by Crippen LogP contribution is -2.54. The Bertz CT molecular complexity index is 2830. The Morgan fingerprint density at radius 3 is 1.51 bits per heavy atom. The number of thioether (sulfide) groups is 1. The summed E-state index contributed by atoms with van der Waals surface area (Å²) in [6, 6.07) is 23.4. The maximum atomic E-state index is 13.2. The fraction of sp³-hybridized carbons (Fsp3) is 0.571. The van der Waals surface area contributed by atoms with Crippen molar-refractivity contribution in [3.63, 3.8) is 0 Å². The smallest absolute Gasteiger partial charge is 0.239 e. The molecule has 0 aliphatic heterocycles. The molecule has 6 N–H and O–H groups in total. The van der Waals surface area contributed by atoms with Gasteiger partial charge in [-0.15, -0.1) is 11.8 Å². The van der Waals surface area contributed by atoms with Gasteiger partial charge < -0.3 is 20.8 Å². The minimum atomic E-state index is -3.78. The molecule has 2 saturated carbocycles. The van der Waals surface area contributed by atoms with Crippen LogP contribution in [0.4, 0.5) is 0 Å². The fourth-order valence-corrected chi connectivity index (χ4v) is 14.5. The lowest BCUT2D eigenvalue weighted by Gasteiger charge is -2.36. The summed E-state index contributed by atoms with van der Waals surface area (Å²) in [5.74, 6) is 0.0302. The molecule has 75 heavy (non-hydrogen) atoms. The quantitative estimate of drug-likeness (QED) is 0.0379. The Morgan fingerprint density at radius 1 is 0.627 bits per heavy atom. The Morgan fingerprint density at radius 2 is 1.05 bits per heavy atom. The first-order valence-corrected chi connectivity index (χ1v) is 32.3. The Kier molecular flexibility index (Phi) is 23.5. The largest absolute Gasteiger partial charge is 0.391 e. The molecule has 2 aliphatic carbocycles. The van der Waals surface area contributed by atoms with Crippen molar-refractivity contribution in [2.24, 2.45) is 35.5 Å². The second kappa shape index (κ2) is 28.5. The van der Waals surface area contributed by atoms with Crippen molar-refractivity contribution < 1.29 is 50.4 Å². The first-order valence-electron chi connectivity index (χ1n) is 26.3. The number of Topliss-reactive ketones (excluding diaryl/α,β-unsaturated/α-hetero) is 2. The topological polar surface area (TPSA) is 242 Å². The van der Waals surface area contributed by atoms with Crippen LogP contribution in [0.15, 0.2) is 94.7 Å². The molecule has 0 heterocycles. The van der Waals surface area contributed by atoms with Crippen LogP contribution in [-0.4, -0.2) is 115 Å². The molecule has 2 fully saturated rings. The zero-order valence-electron chi connectivity index (χ0n) is 44.7. The van der Waals surface area contributed by atoms with Gasteiger partial charge in [-0.05, 0) is 135 Å². The van der Waals surface area contributed by atoms with Crippen LogP contribution in [0.25, 0.3) is 21.5 Å². The average Bonchev–Trinajstić information content (AvgIpc) is 3.35. The number of hydrogen-bond donors (Lipinski definition) is 6. The number of carbonyl (C=O) groups is 4. The molecule has 6 rings (SSSR count). The van der Waals surface area contributed by atoms with Crippen molar-refractivity contribution in [1.29, 1.82) is 0 Å². The average molecular weight is 1110 g/mol. The SMILES string of the molecule is CC[C@H](NC(=O)[C@@H](CS(=O)c1ccc2ccccc2c1)NS(C)(=O)=O)[C@H](O)CC1CCC(C)CC1C(C)=O.CC[C@H](NC(=O)[C@@H](CSc1ccc2ccccc2c1)NS(C)(=O)=O)[C@H](O)CC1CCC(C)CC1C(C)=O. The van der Waals surface area contributed by atoms with E-state index in [9.17, 15) is 50.4 Å². The van der Waals surface area contributed by atoms with E-state index in [1.54, 1.807) is 26.0 Å². The van der Waals surface area contributed by atoms with Crippen LogP contribution in [-0.2, 0) is 50.0 Å². The fourth-order valence-electron chi connectivity index (χ4n) is 10.7. The number of benzene rings is 4. The summed E-state index contributed by atoms with van der Waals surface area (Å²) in [4.78, 5) is 52.3. The molecule has 0 bridgehead atoms. The van der Waals surface area contributed by atoms with E-state index in [-0.39, 0.29) is 46.7 Å². The van der Waals surface area contributed by atoms with Gasteiger partial charge in [0.05, 0.1) is 53.4 Å². The van der Waals surface area contributed by atoms with Crippen molar-refractivity contribution in [2.75, 3.05) is 24.0 Å². The third-order valence-corrected chi connectivity index (χ3v) is 18.8. The molecule has 7 unspecified atom stereocenters. The molecule has 0 spiro atoms. The molecular weight excluding hydrogens is 1030 g/mol. The third kappa shape index (κ3) is 19.4. The van der Waals surface area contributed by atoms with Crippen molar-refractivity contribution in [3.8, 4) is 0 Å². The van der Waals surface area contributed by atoms with Gasteiger partial charge in [0.25, 0.3) is 0 Å². The van der Waals surface area contributed by atoms with Gasteiger partial charge in [-0.2, -0.15) is 0 Å². The number of amides is 2. The van der Waals surface area contributed by atoms with Gasteiger partial charge in [0.15, 0.2) is 0 Å². The summed E-state index contributed by atoms with van der Waals surface area (Å²) >= 11 is 1.40. The summed E-state index contributed by atoms with van der Waals surface area (Å²) in [7, 11) is -9.08. The number of aliphatic hydroxyl groups is 2. The molecule has 2 amide bonds. The summed E-state index contributed by atoms with van der Waals surface area (Å²) in [5.41, 5.74) is 0. The number of hydrogen-bond acceptors (Lipinski definition) is 12. The zero-order chi connectivity index (χ0) is 55.2. The normalized spacial score (nSPS) is 23.1. The van der Waals surface area contributed by atoms with Crippen molar-refractivity contribution in [3.05, 3.63) is 84.9 Å². The van der Waals surface area contributed by atoms with Crippen LogP contribution < -0.4 is 20.1 Å². The molecule has 19 heteroatoms. The number of carbonyl (C=O) groups excluding carboxylic acids is 4. The molecule has 414 valence electrons. The number of aliphatic hydroxyl groups excluding tert-OH is 2. The zero-order valence-corrected chi connectivity index (χ0v) is 48.0. The molecule has 15 nitrogen and oxygen atoms in total. The number of ketones is 2. The number of nitrogens with one attached hydrogen (secondary N) is 4. The lowest BCUT2D eigenvalue weighted by molar-refractivity contribution is -0.126. The Hall–Kier alpha value is -4.08. The summed E-state index contributed by atoms with van der Waals surface area (Å²) in [6.07, 6.45) is 7.37. The van der Waals surface area contributed by atoms with Gasteiger partial charge in [-0.25, -0.2) is 26.3 Å². The van der Waals surface area contributed by atoms with Gasteiger partial charge in [0.2, 0.25) is 31.9 Å². The highest BCUT2D eigenvalue weighted by atomic mass is 32.2. The first-order chi connectivity index (χ1) is 35.3. The van der Waals surface area contributed by atoms with E-state index < -0.39 is 79.0 Å². The maximum absolute atomic E-state index is 13.2. The van der Waals surface area contributed by atoms with Crippen LogP contribution in [0.2, 0.25) is 0 Å².